The van der Waals surface area contributed by atoms with Crippen molar-refractivity contribution in [2.24, 2.45) is 0 Å². The van der Waals surface area contributed by atoms with Gasteiger partial charge in [-0.15, -0.1) is 0 Å². The van der Waals surface area contributed by atoms with Gasteiger partial charge in [-0.05, 0) is 53.6 Å². The van der Waals surface area contributed by atoms with Crippen LogP contribution >= 0.6 is 11.6 Å². The van der Waals surface area contributed by atoms with Crippen molar-refractivity contribution in [2.45, 2.75) is 0 Å². The van der Waals surface area contributed by atoms with Gasteiger partial charge in [0.05, 0.1) is 17.6 Å². The number of rotatable bonds is 5. The zero-order valence-corrected chi connectivity index (χ0v) is 16.5. The number of sulfonamides is 1. The Hall–Kier alpha value is -3.03. The van der Waals surface area contributed by atoms with Gasteiger partial charge in [0.2, 0.25) is 10.0 Å². The summed E-state index contributed by atoms with van der Waals surface area (Å²) >= 11 is 5.94. The summed E-state index contributed by atoms with van der Waals surface area (Å²) in [6.45, 7) is 0. The average Bonchev–Trinajstić information content (AvgIpc) is 2.63. The van der Waals surface area contributed by atoms with E-state index in [1.165, 1.54) is 12.1 Å². The first kappa shape index (κ1) is 19.7. The number of hydrogen-bond donors (Lipinski definition) is 3. The number of carbonyl (C=O) groups is 1. The maximum absolute atomic E-state index is 12.1. The topological polar surface area (TPSA) is 101 Å². The summed E-state index contributed by atoms with van der Waals surface area (Å²) in [5.74, 6) is -0.722. The van der Waals surface area contributed by atoms with E-state index in [0.29, 0.717) is 16.4 Å². The van der Waals surface area contributed by atoms with E-state index >= 15 is 0 Å². The fourth-order valence-corrected chi connectivity index (χ4v) is 3.19. The molecule has 8 heteroatoms. The first-order valence-electron chi connectivity index (χ1n) is 8.26. The Morgan fingerprint density at radius 3 is 2.36 bits per heavy atom. The maximum atomic E-state index is 12.1. The number of halogens is 1. The number of nitrogens with one attached hydrogen (secondary N) is 2. The predicted octanol–water partition coefficient (Wildman–Crippen LogP) is 4.02. The van der Waals surface area contributed by atoms with Crippen LogP contribution in [0, 0.1) is 0 Å². The Balaban J connectivity index is 1.87. The number of nitrogens with two attached hydrogens (primary N) is 1. The highest BCUT2D eigenvalue weighted by Gasteiger charge is 2.13. The molecule has 4 N–H and O–H groups in total. The van der Waals surface area contributed by atoms with Crippen LogP contribution in [0.2, 0.25) is 5.02 Å². The number of nitrogen functional groups attached to an aromatic ring is 1. The zero-order chi connectivity index (χ0) is 20.3. The van der Waals surface area contributed by atoms with E-state index in [1.807, 2.05) is 53.3 Å². The second kappa shape index (κ2) is 7.92. The van der Waals surface area contributed by atoms with E-state index in [-0.39, 0.29) is 5.56 Å². The molecule has 0 unspecified atom stereocenters. The molecule has 0 radical (unpaired) electrons. The summed E-state index contributed by atoms with van der Waals surface area (Å²) in [5.41, 5.74) is 9.84. The molecule has 28 heavy (non-hydrogen) atoms. The van der Waals surface area contributed by atoms with Crippen LogP contribution in [0.3, 0.4) is 0 Å². The lowest BCUT2D eigenvalue weighted by Gasteiger charge is -2.12. The highest BCUT2D eigenvalue weighted by Crippen LogP contribution is 2.28. The van der Waals surface area contributed by atoms with Crippen LogP contribution < -0.4 is 15.8 Å². The molecule has 0 spiro atoms. The van der Waals surface area contributed by atoms with Gasteiger partial charge in [-0.2, -0.15) is 0 Å². The van der Waals surface area contributed by atoms with Crippen LogP contribution in [0.15, 0.2) is 66.7 Å². The Labute approximate surface area is 168 Å². The minimum Gasteiger partial charge on any atom is -0.397 e. The first-order valence-corrected chi connectivity index (χ1v) is 10.5. The molecule has 3 aromatic carbocycles. The van der Waals surface area contributed by atoms with Gasteiger partial charge < -0.3 is 11.1 Å². The number of hydrogen-bond acceptors (Lipinski definition) is 5. The van der Waals surface area contributed by atoms with E-state index in [0.717, 1.165) is 23.1 Å². The molecule has 144 valence electrons. The smallest absolute Gasteiger partial charge is 0.264 e. The van der Waals surface area contributed by atoms with Crippen molar-refractivity contribution in [3.8, 4) is 11.1 Å². The molecule has 0 aliphatic carbocycles. The van der Waals surface area contributed by atoms with E-state index in [9.17, 15) is 13.2 Å². The van der Waals surface area contributed by atoms with Crippen molar-refractivity contribution < 1.29 is 13.2 Å². The monoisotopic (exact) mass is 415 g/mol. The van der Waals surface area contributed by atoms with Gasteiger partial charge in [0.1, 0.15) is 0 Å². The Kier molecular flexibility index (Phi) is 5.58. The lowest BCUT2D eigenvalue weighted by Crippen LogP contribution is -2.29. The standard InChI is InChI=1S/C20H18ClN3O3S/c1-28(26,27)24-20(25)15-7-10-18(22)19(12-15)23-17-4-2-3-14(11-17)13-5-8-16(21)9-6-13/h2-12,23H,22H2,1H3,(H,24,25). The fraction of sp³-hybridized carbons (Fsp3) is 0.0500. The molecule has 3 rings (SSSR count). The molecule has 0 saturated heterocycles. The third-order valence-corrected chi connectivity index (χ3v) is 4.72. The summed E-state index contributed by atoms with van der Waals surface area (Å²) in [5, 5.41) is 3.83. The second-order valence-electron chi connectivity index (χ2n) is 6.22. The molecule has 0 aliphatic rings. The molecule has 0 aliphatic heterocycles. The highest BCUT2D eigenvalue weighted by molar-refractivity contribution is 7.89. The fourth-order valence-electron chi connectivity index (χ4n) is 2.61. The molecular formula is C20H18ClN3O3S. The Morgan fingerprint density at radius 1 is 0.964 bits per heavy atom. The minimum atomic E-state index is -3.65. The number of benzene rings is 3. The van der Waals surface area contributed by atoms with Crippen LogP contribution in [0.1, 0.15) is 10.4 Å². The van der Waals surface area contributed by atoms with E-state index in [1.54, 1.807) is 6.07 Å². The zero-order valence-electron chi connectivity index (χ0n) is 14.9. The third-order valence-electron chi connectivity index (χ3n) is 3.91. The number of anilines is 3. The van der Waals surface area contributed by atoms with Gasteiger partial charge in [0.15, 0.2) is 0 Å². The summed E-state index contributed by atoms with van der Waals surface area (Å²) in [7, 11) is -3.65. The molecule has 0 fully saturated rings. The third kappa shape index (κ3) is 5.03. The highest BCUT2D eigenvalue weighted by atomic mass is 35.5. The molecule has 0 heterocycles. The lowest BCUT2D eigenvalue weighted by atomic mass is 10.0. The summed E-state index contributed by atoms with van der Waals surface area (Å²) < 4.78 is 24.5. The van der Waals surface area contributed by atoms with Crippen LogP contribution in [0.4, 0.5) is 17.1 Å². The van der Waals surface area contributed by atoms with Crippen molar-refractivity contribution in [3.63, 3.8) is 0 Å². The number of carbonyl (C=O) groups excluding carboxylic acids is 1. The summed E-state index contributed by atoms with van der Waals surface area (Å²) in [6.07, 6.45) is 0.920. The molecular weight excluding hydrogens is 398 g/mol. The number of amides is 1. The van der Waals surface area contributed by atoms with E-state index in [4.69, 9.17) is 17.3 Å². The molecule has 0 bridgehead atoms. The molecule has 6 nitrogen and oxygen atoms in total. The van der Waals surface area contributed by atoms with Crippen molar-refractivity contribution >= 4 is 44.6 Å². The van der Waals surface area contributed by atoms with Gasteiger partial charge in [0, 0.05) is 16.3 Å². The van der Waals surface area contributed by atoms with Crippen LogP contribution in [0.5, 0.6) is 0 Å². The van der Waals surface area contributed by atoms with E-state index < -0.39 is 15.9 Å². The van der Waals surface area contributed by atoms with E-state index in [2.05, 4.69) is 5.32 Å². The van der Waals surface area contributed by atoms with Crippen LogP contribution in [0.25, 0.3) is 11.1 Å². The van der Waals surface area contributed by atoms with Crippen LogP contribution in [-0.2, 0) is 10.0 Å². The summed E-state index contributed by atoms with van der Waals surface area (Å²) in [4.78, 5) is 12.1. The second-order valence-corrected chi connectivity index (χ2v) is 8.40. The van der Waals surface area contributed by atoms with Crippen molar-refractivity contribution in [3.05, 3.63) is 77.3 Å². The quantitative estimate of drug-likeness (QED) is 0.546. The molecule has 0 aromatic heterocycles. The van der Waals surface area contributed by atoms with Crippen LogP contribution in [-0.4, -0.2) is 20.6 Å². The molecule has 1 amide bonds. The van der Waals surface area contributed by atoms with Crippen molar-refractivity contribution in [1.29, 1.82) is 0 Å². The van der Waals surface area contributed by atoms with Gasteiger partial charge >= 0.3 is 0 Å². The van der Waals surface area contributed by atoms with Gasteiger partial charge in [-0.3, -0.25) is 4.79 Å². The maximum Gasteiger partial charge on any atom is 0.264 e. The largest absolute Gasteiger partial charge is 0.397 e. The lowest BCUT2D eigenvalue weighted by molar-refractivity contribution is 0.0981. The predicted molar refractivity (Wildman–Crippen MR) is 113 cm³/mol. The molecule has 3 aromatic rings. The van der Waals surface area contributed by atoms with Crippen molar-refractivity contribution in [2.75, 3.05) is 17.3 Å². The SMILES string of the molecule is CS(=O)(=O)NC(=O)c1ccc(N)c(Nc2cccc(-c3ccc(Cl)cc3)c2)c1. The Bertz CT molecular complexity index is 1130. The molecule has 0 saturated carbocycles. The van der Waals surface area contributed by atoms with Crippen molar-refractivity contribution in [1.82, 2.24) is 4.72 Å². The Morgan fingerprint density at radius 2 is 1.68 bits per heavy atom. The average molecular weight is 416 g/mol. The summed E-state index contributed by atoms with van der Waals surface area (Å²) in [6, 6.07) is 19.7. The first-order chi connectivity index (χ1) is 13.2. The molecule has 0 atom stereocenters. The van der Waals surface area contributed by atoms with Gasteiger partial charge in [-0.1, -0.05) is 35.9 Å². The van der Waals surface area contributed by atoms with Gasteiger partial charge in [-0.25, -0.2) is 13.1 Å². The minimum absolute atomic E-state index is 0.177. The van der Waals surface area contributed by atoms with Gasteiger partial charge in [0.25, 0.3) is 5.91 Å². The normalized spacial score (nSPS) is 11.1.